The SMILES string of the molecule is Cc1noc(C)c1CN1CCCCC1CCc1cccs1.O=C(O)C(F)(F)F. The summed E-state index contributed by atoms with van der Waals surface area (Å²) in [6.45, 7) is 6.28. The topological polar surface area (TPSA) is 66.6 Å². The Kier molecular flexibility index (Phi) is 8.06. The molecule has 1 aliphatic heterocycles. The smallest absolute Gasteiger partial charge is 0.475 e. The van der Waals surface area contributed by atoms with E-state index in [0.717, 1.165) is 18.0 Å². The van der Waals surface area contributed by atoms with Gasteiger partial charge in [-0.25, -0.2) is 4.79 Å². The molecule has 0 aliphatic carbocycles. The second-order valence-electron chi connectivity index (χ2n) is 6.84. The molecule has 0 saturated carbocycles. The molecule has 156 valence electrons. The quantitative estimate of drug-likeness (QED) is 0.742. The highest BCUT2D eigenvalue weighted by atomic mass is 32.1. The first-order chi connectivity index (χ1) is 13.2. The van der Waals surface area contributed by atoms with Crippen LogP contribution in [0.15, 0.2) is 22.0 Å². The number of carboxylic acids is 1. The van der Waals surface area contributed by atoms with Crippen LogP contribution in [0.5, 0.6) is 0 Å². The number of hydrogen-bond donors (Lipinski definition) is 1. The summed E-state index contributed by atoms with van der Waals surface area (Å²) >= 11 is 1.88. The number of hydrogen-bond acceptors (Lipinski definition) is 5. The summed E-state index contributed by atoms with van der Waals surface area (Å²) in [4.78, 5) is 13.1. The summed E-state index contributed by atoms with van der Waals surface area (Å²) in [5, 5.41) is 13.4. The van der Waals surface area contributed by atoms with Crippen LogP contribution in [0.2, 0.25) is 0 Å². The van der Waals surface area contributed by atoms with E-state index in [0.29, 0.717) is 6.04 Å². The maximum atomic E-state index is 10.6. The van der Waals surface area contributed by atoms with Gasteiger partial charge in [-0.3, -0.25) is 4.90 Å². The lowest BCUT2D eigenvalue weighted by Crippen LogP contribution is -2.39. The zero-order chi connectivity index (χ0) is 20.7. The van der Waals surface area contributed by atoms with E-state index in [1.807, 2.05) is 18.3 Å². The fourth-order valence-corrected chi connectivity index (χ4v) is 4.01. The predicted octanol–water partition coefficient (Wildman–Crippen LogP) is 4.97. The van der Waals surface area contributed by atoms with Gasteiger partial charge < -0.3 is 9.63 Å². The van der Waals surface area contributed by atoms with Crippen LogP contribution in [-0.4, -0.2) is 39.9 Å². The minimum absolute atomic E-state index is 0.703. The summed E-state index contributed by atoms with van der Waals surface area (Å²) in [5.41, 5.74) is 2.34. The molecule has 1 saturated heterocycles. The number of carbonyl (C=O) groups is 1. The summed E-state index contributed by atoms with van der Waals surface area (Å²) in [5.74, 6) is -1.78. The van der Waals surface area contributed by atoms with Crippen molar-refractivity contribution in [3.05, 3.63) is 39.4 Å². The van der Waals surface area contributed by atoms with Crippen molar-refractivity contribution in [1.29, 1.82) is 0 Å². The van der Waals surface area contributed by atoms with Crippen molar-refractivity contribution in [1.82, 2.24) is 10.1 Å². The van der Waals surface area contributed by atoms with Gasteiger partial charge >= 0.3 is 12.1 Å². The molecular weight excluding hydrogens is 393 g/mol. The van der Waals surface area contributed by atoms with E-state index < -0.39 is 12.1 Å². The molecule has 0 spiro atoms. The predicted molar refractivity (Wildman–Crippen MR) is 100 cm³/mol. The summed E-state index contributed by atoms with van der Waals surface area (Å²) < 4.78 is 37.1. The molecule has 5 nitrogen and oxygen atoms in total. The Hall–Kier alpha value is -1.87. The first-order valence-corrected chi connectivity index (χ1v) is 10.0. The van der Waals surface area contributed by atoms with Crippen molar-refractivity contribution in [3.63, 3.8) is 0 Å². The minimum Gasteiger partial charge on any atom is -0.475 e. The van der Waals surface area contributed by atoms with Gasteiger partial charge in [-0.15, -0.1) is 11.3 Å². The summed E-state index contributed by atoms with van der Waals surface area (Å²) in [7, 11) is 0. The molecule has 9 heteroatoms. The van der Waals surface area contributed by atoms with Crippen molar-refractivity contribution < 1.29 is 27.6 Å². The molecule has 0 radical (unpaired) electrons. The molecule has 1 atom stereocenters. The van der Waals surface area contributed by atoms with Crippen LogP contribution < -0.4 is 0 Å². The first kappa shape index (κ1) is 22.4. The van der Waals surface area contributed by atoms with Gasteiger partial charge in [-0.2, -0.15) is 13.2 Å². The summed E-state index contributed by atoms with van der Waals surface area (Å²) in [6.07, 6.45) is 1.41. The van der Waals surface area contributed by atoms with Gasteiger partial charge in [0.2, 0.25) is 0 Å². The fourth-order valence-electron chi connectivity index (χ4n) is 3.29. The standard InChI is InChI=1S/C17H24N2OS.C2HF3O2/c1-13-17(14(2)20-18-13)12-19-10-4-3-6-15(19)8-9-16-7-5-11-21-16;3-2(4,5)1(6)7/h5,7,11,15H,3-4,6,8-10,12H2,1-2H3;(H,6,7). The van der Waals surface area contributed by atoms with Crippen molar-refractivity contribution >= 4 is 17.3 Å². The minimum atomic E-state index is -5.08. The second-order valence-corrected chi connectivity index (χ2v) is 7.88. The number of rotatable bonds is 5. The highest BCUT2D eigenvalue weighted by Crippen LogP contribution is 2.26. The largest absolute Gasteiger partial charge is 0.490 e. The number of nitrogens with zero attached hydrogens (tertiary/aromatic N) is 2. The molecule has 0 bridgehead atoms. The van der Waals surface area contributed by atoms with Gasteiger partial charge in [0.25, 0.3) is 0 Å². The Morgan fingerprint density at radius 1 is 1.39 bits per heavy atom. The zero-order valence-electron chi connectivity index (χ0n) is 16.0. The molecule has 2 aromatic heterocycles. The molecule has 1 N–H and O–H groups in total. The zero-order valence-corrected chi connectivity index (χ0v) is 16.8. The Labute approximate surface area is 166 Å². The lowest BCUT2D eigenvalue weighted by atomic mass is 9.96. The number of likely N-dealkylation sites (tertiary alicyclic amines) is 1. The monoisotopic (exact) mass is 418 g/mol. The Morgan fingerprint density at radius 3 is 2.64 bits per heavy atom. The lowest BCUT2D eigenvalue weighted by molar-refractivity contribution is -0.192. The van der Waals surface area contributed by atoms with E-state index in [2.05, 4.69) is 34.5 Å². The lowest BCUT2D eigenvalue weighted by Gasteiger charge is -2.35. The number of thiophene rings is 1. The number of aromatic nitrogens is 1. The van der Waals surface area contributed by atoms with Gasteiger partial charge in [-0.1, -0.05) is 17.6 Å². The molecule has 28 heavy (non-hydrogen) atoms. The van der Waals surface area contributed by atoms with Crippen LogP contribution in [-0.2, 0) is 17.8 Å². The molecule has 3 rings (SSSR count). The third-order valence-electron chi connectivity index (χ3n) is 4.84. The molecule has 1 aliphatic rings. The Morgan fingerprint density at radius 2 is 2.11 bits per heavy atom. The van der Waals surface area contributed by atoms with E-state index in [-0.39, 0.29) is 0 Å². The number of piperidine rings is 1. The molecule has 0 amide bonds. The third kappa shape index (κ3) is 6.63. The van der Waals surface area contributed by atoms with Crippen molar-refractivity contribution in [3.8, 4) is 0 Å². The Bertz CT molecular complexity index is 725. The van der Waals surface area contributed by atoms with Gasteiger partial charge in [0.15, 0.2) is 0 Å². The van der Waals surface area contributed by atoms with E-state index in [4.69, 9.17) is 14.4 Å². The third-order valence-corrected chi connectivity index (χ3v) is 5.77. The van der Waals surface area contributed by atoms with E-state index in [9.17, 15) is 13.2 Å². The normalized spacial score (nSPS) is 17.8. The van der Waals surface area contributed by atoms with Gasteiger partial charge in [0, 0.05) is 23.0 Å². The highest BCUT2D eigenvalue weighted by molar-refractivity contribution is 7.09. The van der Waals surface area contributed by atoms with Gasteiger partial charge in [0.1, 0.15) is 5.76 Å². The average Bonchev–Trinajstić information content (AvgIpc) is 3.26. The van der Waals surface area contributed by atoms with Crippen LogP contribution >= 0.6 is 11.3 Å². The highest BCUT2D eigenvalue weighted by Gasteiger charge is 2.38. The van der Waals surface area contributed by atoms with Crippen LogP contribution in [0.1, 0.15) is 47.6 Å². The Balaban J connectivity index is 0.000000345. The number of halogens is 3. The number of aliphatic carboxylic acids is 1. The van der Waals surface area contributed by atoms with Gasteiger partial charge in [0.05, 0.1) is 5.69 Å². The number of alkyl halides is 3. The molecule has 3 heterocycles. The second kappa shape index (κ2) is 10.1. The molecule has 0 aromatic carbocycles. The molecule has 2 aromatic rings. The number of aryl methyl sites for hydroxylation is 3. The molecular formula is C19H25F3N2O3S. The summed E-state index contributed by atoms with van der Waals surface area (Å²) in [6, 6.07) is 5.11. The van der Waals surface area contributed by atoms with E-state index in [1.165, 1.54) is 49.1 Å². The molecule has 1 unspecified atom stereocenters. The fraction of sp³-hybridized carbons (Fsp3) is 0.579. The van der Waals surface area contributed by atoms with Crippen LogP contribution in [0, 0.1) is 13.8 Å². The first-order valence-electron chi connectivity index (χ1n) is 9.16. The van der Waals surface area contributed by atoms with E-state index in [1.54, 1.807) is 0 Å². The van der Waals surface area contributed by atoms with Gasteiger partial charge in [-0.05, 0) is 57.5 Å². The van der Waals surface area contributed by atoms with Crippen molar-refractivity contribution in [2.45, 2.75) is 64.7 Å². The number of carboxylic acid groups (broad SMARTS) is 1. The molecule has 1 fully saturated rings. The van der Waals surface area contributed by atoms with Crippen LogP contribution in [0.4, 0.5) is 13.2 Å². The maximum Gasteiger partial charge on any atom is 0.490 e. The van der Waals surface area contributed by atoms with E-state index >= 15 is 0 Å². The van der Waals surface area contributed by atoms with Crippen molar-refractivity contribution in [2.75, 3.05) is 6.54 Å². The van der Waals surface area contributed by atoms with Crippen LogP contribution in [0.3, 0.4) is 0 Å². The maximum absolute atomic E-state index is 10.6. The van der Waals surface area contributed by atoms with Crippen molar-refractivity contribution in [2.24, 2.45) is 0 Å². The van der Waals surface area contributed by atoms with Crippen LogP contribution in [0.25, 0.3) is 0 Å². The average molecular weight is 418 g/mol.